The molecule has 3 rings (SSSR count). The number of carbonyl (C=O) groups is 1. The van der Waals surface area contributed by atoms with E-state index in [1.807, 2.05) is 6.92 Å². The van der Waals surface area contributed by atoms with Crippen molar-refractivity contribution in [2.75, 3.05) is 0 Å². The van der Waals surface area contributed by atoms with Gasteiger partial charge in [0.25, 0.3) is 0 Å². The quantitative estimate of drug-likeness (QED) is 0.507. The predicted molar refractivity (Wildman–Crippen MR) is 88.0 cm³/mol. The van der Waals surface area contributed by atoms with E-state index >= 15 is 0 Å². The number of aryl methyl sites for hydroxylation is 1. The van der Waals surface area contributed by atoms with Crippen molar-refractivity contribution in [1.29, 1.82) is 0 Å². The highest BCUT2D eigenvalue weighted by Crippen LogP contribution is 2.22. The number of ether oxygens (including phenoxy) is 1. The Morgan fingerprint density at radius 3 is 2.60 bits per heavy atom. The van der Waals surface area contributed by atoms with E-state index in [2.05, 4.69) is 19.9 Å². The van der Waals surface area contributed by atoms with Crippen LogP contribution in [-0.2, 0) is 12.8 Å². The summed E-state index contributed by atoms with van der Waals surface area (Å²) in [6, 6.07) is 7.66. The second-order valence-corrected chi connectivity index (χ2v) is 5.26. The maximum Gasteiger partial charge on any atom is 0.213 e. The molecule has 25 heavy (non-hydrogen) atoms. The van der Waals surface area contributed by atoms with Gasteiger partial charge in [-0.05, 0) is 18.6 Å². The fraction of sp³-hybridized carbons (Fsp3) is 0.167. The van der Waals surface area contributed by atoms with Gasteiger partial charge >= 0.3 is 0 Å². The Morgan fingerprint density at radius 1 is 1.08 bits per heavy atom. The van der Waals surface area contributed by atoms with E-state index in [0.717, 1.165) is 0 Å². The van der Waals surface area contributed by atoms with Gasteiger partial charge in [-0.15, -0.1) is 0 Å². The molecular formula is C18H15FN4O2. The van der Waals surface area contributed by atoms with Crippen molar-refractivity contribution in [1.82, 2.24) is 19.9 Å². The SMILES string of the molecule is CCc1cc(Oc2cncnc2)cc(C(=O)Cc2cccc(F)n2)n1. The van der Waals surface area contributed by atoms with Gasteiger partial charge in [-0.25, -0.2) is 19.9 Å². The van der Waals surface area contributed by atoms with Crippen LogP contribution < -0.4 is 4.74 Å². The first kappa shape index (κ1) is 16.6. The zero-order valence-electron chi connectivity index (χ0n) is 13.5. The topological polar surface area (TPSA) is 77.9 Å². The van der Waals surface area contributed by atoms with Gasteiger partial charge in [-0.3, -0.25) is 4.79 Å². The molecule has 6 nitrogen and oxygen atoms in total. The number of carbonyl (C=O) groups excluding carboxylic acids is 1. The Morgan fingerprint density at radius 2 is 1.88 bits per heavy atom. The summed E-state index contributed by atoms with van der Waals surface area (Å²) in [6.07, 6.45) is 5.05. The van der Waals surface area contributed by atoms with Gasteiger partial charge in [-0.2, -0.15) is 4.39 Å². The minimum atomic E-state index is -0.617. The van der Waals surface area contributed by atoms with Crippen LogP contribution in [0.4, 0.5) is 4.39 Å². The summed E-state index contributed by atoms with van der Waals surface area (Å²) in [5.74, 6) is 0.0504. The number of ketones is 1. The molecule has 3 aromatic heterocycles. The smallest absolute Gasteiger partial charge is 0.213 e. The minimum Gasteiger partial charge on any atom is -0.454 e. The highest BCUT2D eigenvalue weighted by Gasteiger charge is 2.13. The molecule has 0 atom stereocenters. The number of nitrogens with zero attached hydrogens (tertiary/aromatic N) is 4. The number of aromatic nitrogens is 4. The molecule has 0 fully saturated rings. The van der Waals surface area contributed by atoms with E-state index in [-0.39, 0.29) is 17.9 Å². The van der Waals surface area contributed by atoms with Crippen LogP contribution in [0.1, 0.15) is 28.8 Å². The maximum absolute atomic E-state index is 13.2. The van der Waals surface area contributed by atoms with Gasteiger partial charge in [-0.1, -0.05) is 13.0 Å². The Labute approximate surface area is 143 Å². The van der Waals surface area contributed by atoms with Crippen LogP contribution in [0.25, 0.3) is 0 Å². The van der Waals surface area contributed by atoms with Crippen LogP contribution in [0, 0.1) is 5.95 Å². The number of halogens is 1. The van der Waals surface area contributed by atoms with E-state index < -0.39 is 5.95 Å². The fourth-order valence-corrected chi connectivity index (χ4v) is 2.22. The fourth-order valence-electron chi connectivity index (χ4n) is 2.22. The van der Waals surface area contributed by atoms with Gasteiger partial charge < -0.3 is 4.74 Å². The average Bonchev–Trinajstić information content (AvgIpc) is 2.62. The third-order valence-corrected chi connectivity index (χ3v) is 3.39. The molecule has 0 aromatic carbocycles. The Balaban J connectivity index is 1.85. The number of hydrogen-bond donors (Lipinski definition) is 0. The van der Waals surface area contributed by atoms with Crippen molar-refractivity contribution in [2.24, 2.45) is 0 Å². The van der Waals surface area contributed by atoms with E-state index in [0.29, 0.717) is 29.3 Å². The van der Waals surface area contributed by atoms with Crippen LogP contribution in [0.2, 0.25) is 0 Å². The van der Waals surface area contributed by atoms with Crippen molar-refractivity contribution in [3.05, 3.63) is 72.1 Å². The molecule has 3 heterocycles. The van der Waals surface area contributed by atoms with E-state index in [1.54, 1.807) is 18.2 Å². The molecule has 0 unspecified atom stereocenters. The molecule has 0 aliphatic carbocycles. The standard InChI is InChI=1S/C18H15FN4O2/c1-2-12-6-14(25-15-9-20-11-21-10-15)8-16(22-12)17(24)7-13-4-3-5-18(19)23-13/h3-6,8-11H,2,7H2,1H3. The summed E-state index contributed by atoms with van der Waals surface area (Å²) >= 11 is 0. The number of pyridine rings is 2. The third kappa shape index (κ3) is 4.41. The van der Waals surface area contributed by atoms with E-state index in [1.165, 1.54) is 30.9 Å². The van der Waals surface area contributed by atoms with Crippen molar-refractivity contribution >= 4 is 5.78 Å². The summed E-state index contributed by atoms with van der Waals surface area (Å²) in [6.45, 7) is 1.93. The lowest BCUT2D eigenvalue weighted by atomic mass is 10.1. The van der Waals surface area contributed by atoms with Gasteiger partial charge in [0.15, 0.2) is 11.5 Å². The highest BCUT2D eigenvalue weighted by atomic mass is 19.1. The molecule has 0 aliphatic heterocycles. The van der Waals surface area contributed by atoms with Crippen molar-refractivity contribution in [3.63, 3.8) is 0 Å². The molecule has 0 amide bonds. The first-order valence-electron chi connectivity index (χ1n) is 7.72. The van der Waals surface area contributed by atoms with Crippen LogP contribution >= 0.6 is 0 Å². The van der Waals surface area contributed by atoms with Crippen molar-refractivity contribution in [3.8, 4) is 11.5 Å². The zero-order valence-corrected chi connectivity index (χ0v) is 13.5. The van der Waals surface area contributed by atoms with Gasteiger partial charge in [0.05, 0.1) is 24.5 Å². The highest BCUT2D eigenvalue weighted by molar-refractivity contribution is 5.95. The molecule has 0 spiro atoms. The number of Topliss-reactive ketones (excluding diaryl/α,β-unsaturated/α-hetero) is 1. The second-order valence-electron chi connectivity index (χ2n) is 5.26. The lowest BCUT2D eigenvalue weighted by molar-refractivity contribution is 0.0986. The lowest BCUT2D eigenvalue weighted by Crippen LogP contribution is -2.09. The molecule has 0 radical (unpaired) electrons. The molecule has 0 bridgehead atoms. The molecule has 0 saturated heterocycles. The Hall–Kier alpha value is -3.22. The summed E-state index contributed by atoms with van der Waals surface area (Å²) in [5, 5.41) is 0. The van der Waals surface area contributed by atoms with Crippen LogP contribution in [-0.4, -0.2) is 25.7 Å². The van der Waals surface area contributed by atoms with Crippen LogP contribution in [0.5, 0.6) is 11.5 Å². The zero-order chi connectivity index (χ0) is 17.6. The van der Waals surface area contributed by atoms with E-state index in [9.17, 15) is 9.18 Å². The van der Waals surface area contributed by atoms with Crippen molar-refractivity contribution < 1.29 is 13.9 Å². The second kappa shape index (κ2) is 7.57. The molecule has 0 N–H and O–H groups in total. The monoisotopic (exact) mass is 338 g/mol. The van der Waals surface area contributed by atoms with Crippen molar-refractivity contribution in [2.45, 2.75) is 19.8 Å². The van der Waals surface area contributed by atoms with Crippen LogP contribution in [0.3, 0.4) is 0 Å². The summed E-state index contributed by atoms with van der Waals surface area (Å²) < 4.78 is 18.9. The third-order valence-electron chi connectivity index (χ3n) is 3.39. The van der Waals surface area contributed by atoms with Gasteiger partial charge in [0, 0.05) is 17.8 Å². The van der Waals surface area contributed by atoms with E-state index in [4.69, 9.17) is 4.74 Å². The number of rotatable bonds is 6. The van der Waals surface area contributed by atoms with Gasteiger partial charge in [0.1, 0.15) is 17.8 Å². The lowest BCUT2D eigenvalue weighted by Gasteiger charge is -2.09. The minimum absolute atomic E-state index is 0.0359. The maximum atomic E-state index is 13.2. The normalized spacial score (nSPS) is 10.5. The first-order chi connectivity index (χ1) is 12.1. The summed E-state index contributed by atoms with van der Waals surface area (Å²) in [5.41, 5.74) is 1.31. The molecule has 126 valence electrons. The average molecular weight is 338 g/mol. The number of hydrogen-bond acceptors (Lipinski definition) is 6. The molecule has 0 aliphatic rings. The molecule has 0 saturated carbocycles. The first-order valence-corrected chi connectivity index (χ1v) is 7.72. The van der Waals surface area contributed by atoms with Crippen LogP contribution in [0.15, 0.2) is 49.1 Å². The Bertz CT molecular complexity index is 887. The largest absolute Gasteiger partial charge is 0.454 e. The van der Waals surface area contributed by atoms with Gasteiger partial charge in [0.2, 0.25) is 5.95 Å². The molecule has 7 heteroatoms. The summed E-state index contributed by atoms with van der Waals surface area (Å²) in [7, 11) is 0. The molecule has 3 aromatic rings. The molecular weight excluding hydrogens is 323 g/mol. The Kier molecular flexibility index (Phi) is 5.03. The summed E-state index contributed by atoms with van der Waals surface area (Å²) in [4.78, 5) is 28.3. The predicted octanol–water partition coefficient (Wildman–Crippen LogP) is 3.19.